The number of rotatable bonds is 3. The molecule has 0 aromatic heterocycles. The lowest BCUT2D eigenvalue weighted by Gasteiger charge is -2.20. The minimum absolute atomic E-state index is 0.402. The van der Waals surface area contributed by atoms with Gasteiger partial charge in [0.15, 0.2) is 0 Å². The highest BCUT2D eigenvalue weighted by Crippen LogP contribution is 2.41. The van der Waals surface area contributed by atoms with E-state index in [1.165, 1.54) is 0 Å². The second-order valence-corrected chi connectivity index (χ2v) is 5.39. The van der Waals surface area contributed by atoms with Crippen molar-refractivity contribution >= 4 is 34.8 Å². The molecule has 0 spiro atoms. The van der Waals surface area contributed by atoms with Gasteiger partial charge in [0.05, 0.1) is 5.92 Å². The van der Waals surface area contributed by atoms with E-state index in [1.54, 1.807) is 30.3 Å². The fourth-order valence-electron chi connectivity index (χ4n) is 1.23. The molecule has 82 valence electrons. The van der Waals surface area contributed by atoms with Crippen molar-refractivity contribution < 1.29 is 4.92 Å². The summed E-state index contributed by atoms with van der Waals surface area (Å²) in [7, 11) is 0. The molecule has 0 heterocycles. The van der Waals surface area contributed by atoms with Gasteiger partial charge in [-0.15, -0.1) is 0 Å². The van der Waals surface area contributed by atoms with E-state index in [0.29, 0.717) is 5.56 Å². The van der Waals surface area contributed by atoms with Gasteiger partial charge >= 0.3 is 0 Å². The zero-order valence-corrected chi connectivity index (χ0v) is 9.84. The zero-order valence-electron chi connectivity index (χ0n) is 7.57. The Hall–Kier alpha value is -0.510. The summed E-state index contributed by atoms with van der Waals surface area (Å²) in [6.45, 7) is -0.402. The van der Waals surface area contributed by atoms with Crippen LogP contribution in [0.15, 0.2) is 30.3 Å². The van der Waals surface area contributed by atoms with Crippen molar-refractivity contribution in [2.75, 3.05) is 6.54 Å². The van der Waals surface area contributed by atoms with Crippen molar-refractivity contribution in [1.82, 2.24) is 0 Å². The van der Waals surface area contributed by atoms with E-state index in [1.807, 2.05) is 0 Å². The van der Waals surface area contributed by atoms with Gasteiger partial charge in [-0.25, -0.2) is 0 Å². The summed E-state index contributed by atoms with van der Waals surface area (Å²) in [5.41, 5.74) is 0.647. The lowest BCUT2D eigenvalue weighted by Crippen LogP contribution is -2.24. The van der Waals surface area contributed by atoms with Gasteiger partial charge in [-0.3, -0.25) is 10.1 Å². The van der Waals surface area contributed by atoms with Gasteiger partial charge in [-0.1, -0.05) is 65.1 Å². The third-order valence-corrected chi connectivity index (χ3v) is 2.72. The Labute approximate surface area is 102 Å². The van der Waals surface area contributed by atoms with Gasteiger partial charge in [-0.05, 0) is 5.56 Å². The number of hydrogen-bond donors (Lipinski definition) is 0. The van der Waals surface area contributed by atoms with Gasteiger partial charge < -0.3 is 0 Å². The molecule has 1 aromatic rings. The summed E-state index contributed by atoms with van der Waals surface area (Å²) < 4.78 is -1.67. The predicted molar refractivity (Wildman–Crippen MR) is 61.3 cm³/mol. The fraction of sp³-hybridized carbons (Fsp3) is 0.333. The number of hydrogen-bond acceptors (Lipinski definition) is 2. The number of halogens is 3. The summed E-state index contributed by atoms with van der Waals surface area (Å²) >= 11 is 17.1. The molecule has 1 rings (SSSR count). The largest absolute Gasteiger partial charge is 0.265 e. The Morgan fingerprint density at radius 1 is 1.27 bits per heavy atom. The second kappa shape index (κ2) is 5.01. The summed E-state index contributed by atoms with van der Waals surface area (Å²) in [5.74, 6) is -0.737. The maximum Gasteiger partial charge on any atom is 0.214 e. The highest BCUT2D eigenvalue weighted by molar-refractivity contribution is 6.68. The molecular weight excluding hydrogens is 260 g/mol. The minimum Gasteiger partial charge on any atom is -0.265 e. The average molecular weight is 269 g/mol. The summed E-state index contributed by atoms with van der Waals surface area (Å²) in [6.07, 6.45) is 0. The average Bonchev–Trinajstić information content (AvgIpc) is 2.14. The molecule has 0 saturated heterocycles. The first-order chi connectivity index (χ1) is 6.91. The minimum atomic E-state index is -1.67. The van der Waals surface area contributed by atoms with Crippen molar-refractivity contribution in [1.29, 1.82) is 0 Å². The van der Waals surface area contributed by atoms with Crippen molar-refractivity contribution in [3.8, 4) is 0 Å². The Kier molecular flexibility index (Phi) is 4.20. The van der Waals surface area contributed by atoms with Crippen LogP contribution in [0.2, 0.25) is 0 Å². The Morgan fingerprint density at radius 3 is 2.20 bits per heavy atom. The summed E-state index contributed by atoms with van der Waals surface area (Å²) in [4.78, 5) is 9.97. The van der Waals surface area contributed by atoms with Crippen LogP contribution >= 0.6 is 34.8 Å². The molecule has 15 heavy (non-hydrogen) atoms. The van der Waals surface area contributed by atoms with Crippen molar-refractivity contribution in [2.24, 2.45) is 0 Å². The molecule has 0 N–H and O–H groups in total. The molecule has 6 heteroatoms. The third kappa shape index (κ3) is 3.86. The first-order valence-corrected chi connectivity index (χ1v) is 5.28. The number of benzene rings is 1. The second-order valence-electron chi connectivity index (χ2n) is 3.02. The summed E-state index contributed by atoms with van der Waals surface area (Å²) in [5, 5.41) is 10.5. The lowest BCUT2D eigenvalue weighted by atomic mass is 10.0. The molecular formula is C9H8Cl3NO2. The molecule has 0 fully saturated rings. The Balaban J connectivity index is 2.97. The predicted octanol–water partition coefficient (Wildman–Crippen LogP) is 3.42. The van der Waals surface area contributed by atoms with Crippen LogP contribution in [0.1, 0.15) is 11.5 Å². The quantitative estimate of drug-likeness (QED) is 0.479. The van der Waals surface area contributed by atoms with Crippen LogP contribution in [-0.4, -0.2) is 15.3 Å². The first kappa shape index (κ1) is 12.6. The van der Waals surface area contributed by atoms with Gasteiger partial charge in [0.25, 0.3) is 0 Å². The van der Waals surface area contributed by atoms with E-state index in [-0.39, 0.29) is 0 Å². The van der Waals surface area contributed by atoms with E-state index in [9.17, 15) is 10.1 Å². The molecule has 0 aliphatic carbocycles. The van der Waals surface area contributed by atoms with E-state index in [2.05, 4.69) is 0 Å². The molecule has 0 saturated carbocycles. The molecule has 1 atom stereocenters. The van der Waals surface area contributed by atoms with Crippen LogP contribution in [0, 0.1) is 10.1 Å². The van der Waals surface area contributed by atoms with Crippen molar-refractivity contribution in [2.45, 2.75) is 9.71 Å². The fourth-order valence-corrected chi connectivity index (χ4v) is 1.82. The molecule has 0 unspecified atom stereocenters. The van der Waals surface area contributed by atoms with E-state index >= 15 is 0 Å². The van der Waals surface area contributed by atoms with Gasteiger partial charge in [0.2, 0.25) is 10.3 Å². The molecule has 1 aromatic carbocycles. The van der Waals surface area contributed by atoms with Crippen LogP contribution < -0.4 is 0 Å². The van der Waals surface area contributed by atoms with Crippen LogP contribution in [0.25, 0.3) is 0 Å². The van der Waals surface area contributed by atoms with Gasteiger partial charge in [0.1, 0.15) is 0 Å². The third-order valence-electron chi connectivity index (χ3n) is 1.93. The molecule has 0 aliphatic heterocycles. The van der Waals surface area contributed by atoms with E-state index in [4.69, 9.17) is 34.8 Å². The Bertz CT molecular complexity index is 337. The van der Waals surface area contributed by atoms with Gasteiger partial charge in [0, 0.05) is 4.92 Å². The van der Waals surface area contributed by atoms with E-state index < -0.39 is 21.2 Å². The van der Waals surface area contributed by atoms with Crippen molar-refractivity contribution in [3.05, 3.63) is 46.0 Å². The topological polar surface area (TPSA) is 43.1 Å². The van der Waals surface area contributed by atoms with Crippen LogP contribution in [0.4, 0.5) is 0 Å². The first-order valence-electron chi connectivity index (χ1n) is 4.14. The number of alkyl halides is 3. The summed E-state index contributed by atoms with van der Waals surface area (Å²) in [6, 6.07) is 8.70. The van der Waals surface area contributed by atoms with E-state index in [0.717, 1.165) is 0 Å². The molecule has 0 bridgehead atoms. The van der Waals surface area contributed by atoms with Crippen molar-refractivity contribution in [3.63, 3.8) is 0 Å². The van der Waals surface area contributed by atoms with Crippen LogP contribution in [-0.2, 0) is 0 Å². The maximum absolute atomic E-state index is 10.5. The highest BCUT2D eigenvalue weighted by Gasteiger charge is 2.37. The van der Waals surface area contributed by atoms with Gasteiger partial charge in [-0.2, -0.15) is 0 Å². The monoisotopic (exact) mass is 267 g/mol. The van der Waals surface area contributed by atoms with Crippen LogP contribution in [0.5, 0.6) is 0 Å². The standard InChI is InChI=1S/C9H8Cl3NO2/c10-9(11,12)8(6-13(14)15)7-4-2-1-3-5-7/h1-5,8H,6H2/t8-/m0/s1. The van der Waals surface area contributed by atoms with Crippen LogP contribution in [0.3, 0.4) is 0 Å². The molecule has 0 radical (unpaired) electrons. The lowest BCUT2D eigenvalue weighted by molar-refractivity contribution is -0.483. The highest BCUT2D eigenvalue weighted by atomic mass is 35.6. The normalized spacial score (nSPS) is 13.5. The molecule has 0 amide bonds. The number of nitrogens with zero attached hydrogens (tertiary/aromatic N) is 1. The smallest absolute Gasteiger partial charge is 0.214 e. The SMILES string of the molecule is O=[N+]([O-])C[C@@H](c1ccccc1)C(Cl)(Cl)Cl. The molecule has 3 nitrogen and oxygen atoms in total. The Morgan fingerprint density at radius 2 is 1.80 bits per heavy atom. The molecule has 0 aliphatic rings. The number of nitro groups is 1. The zero-order chi connectivity index (χ0) is 11.5. The maximum atomic E-state index is 10.5.